The van der Waals surface area contributed by atoms with Crippen molar-refractivity contribution in [1.29, 1.82) is 0 Å². The van der Waals surface area contributed by atoms with Gasteiger partial charge in [0.2, 0.25) is 11.8 Å². The Labute approximate surface area is 267 Å². The van der Waals surface area contributed by atoms with Crippen LogP contribution in [0.4, 0.5) is 15.8 Å². The summed E-state index contributed by atoms with van der Waals surface area (Å²) in [6.45, 7) is 2.94. The van der Waals surface area contributed by atoms with Gasteiger partial charge < -0.3 is 24.8 Å². The maximum Gasteiger partial charge on any atom is 0.337 e. The summed E-state index contributed by atoms with van der Waals surface area (Å²) in [5, 5.41) is 6.85. The third kappa shape index (κ3) is 7.74. The Balaban J connectivity index is 1.08. The minimum atomic E-state index is -0.434. The van der Waals surface area contributed by atoms with E-state index in [9.17, 15) is 14.0 Å². The SMILES string of the molecule is COC(=O)c1ccc(NC(=O)C(C2CC2)N2CCC(c3cccc(OCc4ccc(Cl)cc4F)n3)CC2)c(NC[C@@H]2CCO2)c1. The van der Waals surface area contributed by atoms with Crippen molar-refractivity contribution >= 4 is 34.9 Å². The van der Waals surface area contributed by atoms with E-state index in [1.807, 2.05) is 12.1 Å². The molecular weight excluding hydrogens is 599 g/mol. The summed E-state index contributed by atoms with van der Waals surface area (Å²) in [5.74, 6) is 0.124. The minimum absolute atomic E-state index is 0.0346. The topological polar surface area (TPSA) is 102 Å². The van der Waals surface area contributed by atoms with E-state index in [1.54, 1.807) is 36.4 Å². The van der Waals surface area contributed by atoms with Gasteiger partial charge in [-0.2, -0.15) is 0 Å². The summed E-state index contributed by atoms with van der Waals surface area (Å²) >= 11 is 5.86. The largest absolute Gasteiger partial charge is 0.473 e. The quantitative estimate of drug-likeness (QED) is 0.232. The van der Waals surface area contributed by atoms with E-state index in [-0.39, 0.29) is 30.6 Å². The number of nitrogens with zero attached hydrogens (tertiary/aromatic N) is 2. The van der Waals surface area contributed by atoms with Gasteiger partial charge in [0, 0.05) is 41.4 Å². The van der Waals surface area contributed by atoms with Gasteiger partial charge in [0.15, 0.2) is 0 Å². The number of anilines is 2. The van der Waals surface area contributed by atoms with Crippen molar-refractivity contribution in [3.8, 4) is 5.88 Å². The van der Waals surface area contributed by atoms with Gasteiger partial charge in [-0.15, -0.1) is 0 Å². The van der Waals surface area contributed by atoms with Crippen LogP contribution in [0.2, 0.25) is 5.02 Å². The molecule has 1 aliphatic carbocycles. The second-order valence-electron chi connectivity index (χ2n) is 11.9. The number of methoxy groups -OCH3 is 1. The van der Waals surface area contributed by atoms with Crippen molar-refractivity contribution in [2.24, 2.45) is 5.92 Å². The van der Waals surface area contributed by atoms with Gasteiger partial charge in [-0.3, -0.25) is 9.69 Å². The van der Waals surface area contributed by atoms with Crippen LogP contribution in [0.3, 0.4) is 0 Å². The number of carbonyl (C=O) groups excluding carboxylic acids is 2. The Hall–Kier alpha value is -3.73. The number of rotatable bonds is 12. The molecule has 0 spiro atoms. The smallest absolute Gasteiger partial charge is 0.337 e. The van der Waals surface area contributed by atoms with Crippen molar-refractivity contribution in [1.82, 2.24) is 9.88 Å². The van der Waals surface area contributed by atoms with E-state index in [4.69, 9.17) is 30.8 Å². The van der Waals surface area contributed by atoms with Gasteiger partial charge in [0.25, 0.3) is 0 Å². The molecular formula is C34H38ClFN4O5. The molecule has 2 atom stereocenters. The van der Waals surface area contributed by atoms with Gasteiger partial charge in [-0.1, -0.05) is 23.7 Å². The molecule has 2 N–H and O–H groups in total. The van der Waals surface area contributed by atoms with Crippen LogP contribution in [0.5, 0.6) is 5.88 Å². The highest BCUT2D eigenvalue weighted by molar-refractivity contribution is 6.30. The lowest BCUT2D eigenvalue weighted by Crippen LogP contribution is -2.49. The number of pyridine rings is 1. The molecule has 3 heterocycles. The second-order valence-corrected chi connectivity index (χ2v) is 12.4. The molecule has 238 valence electrons. The molecule has 0 radical (unpaired) electrons. The number of nitrogens with one attached hydrogen (secondary N) is 2. The summed E-state index contributed by atoms with van der Waals surface area (Å²) in [7, 11) is 1.35. The first kappa shape index (κ1) is 31.3. The molecule has 2 saturated heterocycles. The zero-order valence-corrected chi connectivity index (χ0v) is 26.0. The average Bonchev–Trinajstić information content (AvgIpc) is 3.86. The highest BCUT2D eigenvalue weighted by atomic mass is 35.5. The van der Waals surface area contributed by atoms with Crippen LogP contribution >= 0.6 is 11.6 Å². The molecule has 2 aromatic carbocycles. The molecule has 1 amide bonds. The zero-order valence-electron chi connectivity index (χ0n) is 25.3. The molecule has 11 heteroatoms. The van der Waals surface area contributed by atoms with E-state index in [0.717, 1.165) is 57.5 Å². The molecule has 3 fully saturated rings. The first-order chi connectivity index (χ1) is 21.9. The van der Waals surface area contributed by atoms with Crippen LogP contribution < -0.4 is 15.4 Å². The average molecular weight is 637 g/mol. The van der Waals surface area contributed by atoms with Crippen LogP contribution in [0.15, 0.2) is 54.6 Å². The van der Waals surface area contributed by atoms with E-state index in [1.165, 1.54) is 13.2 Å². The van der Waals surface area contributed by atoms with Crippen LogP contribution in [0.1, 0.15) is 59.6 Å². The Kier molecular flexibility index (Phi) is 9.82. The number of hydrogen-bond donors (Lipinski definition) is 2. The van der Waals surface area contributed by atoms with Gasteiger partial charge in [-0.25, -0.2) is 14.2 Å². The summed E-state index contributed by atoms with van der Waals surface area (Å²) < 4.78 is 30.4. The fourth-order valence-electron chi connectivity index (χ4n) is 6.01. The zero-order chi connectivity index (χ0) is 31.3. The van der Waals surface area contributed by atoms with Crippen molar-refractivity contribution in [2.75, 3.05) is 44.0 Å². The van der Waals surface area contributed by atoms with Gasteiger partial charge in [0.05, 0.1) is 36.2 Å². The number of esters is 1. The molecule has 9 nitrogen and oxygen atoms in total. The number of benzene rings is 2. The second kappa shape index (κ2) is 14.1. The van der Waals surface area contributed by atoms with Gasteiger partial charge in [-0.05, 0) is 87.5 Å². The summed E-state index contributed by atoms with van der Waals surface area (Å²) in [4.78, 5) is 33.0. The van der Waals surface area contributed by atoms with Crippen molar-refractivity contribution < 1.29 is 28.2 Å². The lowest BCUT2D eigenvalue weighted by atomic mass is 9.91. The summed E-state index contributed by atoms with van der Waals surface area (Å²) in [6.07, 6.45) is 4.86. The molecule has 45 heavy (non-hydrogen) atoms. The van der Waals surface area contributed by atoms with Gasteiger partial charge in [0.1, 0.15) is 12.4 Å². The fraction of sp³-hybridized carbons (Fsp3) is 0.441. The molecule has 3 aromatic rings. The predicted molar refractivity (Wildman–Crippen MR) is 169 cm³/mol. The number of hydrogen-bond acceptors (Lipinski definition) is 8. The molecule has 1 unspecified atom stereocenters. The first-order valence-corrected chi connectivity index (χ1v) is 15.9. The van der Waals surface area contributed by atoms with Crippen LogP contribution in [0, 0.1) is 11.7 Å². The molecule has 1 aromatic heterocycles. The Morgan fingerprint density at radius 2 is 1.87 bits per heavy atom. The number of halogens is 2. The molecule has 0 bridgehead atoms. The molecule has 6 rings (SSSR count). The van der Waals surface area contributed by atoms with Crippen molar-refractivity contribution in [3.63, 3.8) is 0 Å². The lowest BCUT2D eigenvalue weighted by Gasteiger charge is -2.37. The molecule has 1 saturated carbocycles. The first-order valence-electron chi connectivity index (χ1n) is 15.5. The lowest BCUT2D eigenvalue weighted by molar-refractivity contribution is -0.122. The minimum Gasteiger partial charge on any atom is -0.473 e. The van der Waals surface area contributed by atoms with Gasteiger partial charge >= 0.3 is 5.97 Å². The normalized spacial score (nSPS) is 19.3. The van der Waals surface area contributed by atoms with Crippen LogP contribution in [-0.4, -0.2) is 67.3 Å². The predicted octanol–water partition coefficient (Wildman–Crippen LogP) is 6.04. The highest BCUT2D eigenvalue weighted by Crippen LogP contribution is 2.39. The molecule has 2 aliphatic heterocycles. The summed E-state index contributed by atoms with van der Waals surface area (Å²) in [5.41, 5.74) is 3.06. The maximum absolute atomic E-state index is 14.2. The Morgan fingerprint density at radius 1 is 1.07 bits per heavy atom. The molecule has 3 aliphatic rings. The third-order valence-corrected chi connectivity index (χ3v) is 9.06. The fourth-order valence-corrected chi connectivity index (χ4v) is 6.17. The number of amides is 1. The van der Waals surface area contributed by atoms with E-state index in [2.05, 4.69) is 15.5 Å². The number of aromatic nitrogens is 1. The van der Waals surface area contributed by atoms with E-state index < -0.39 is 11.8 Å². The number of piperidine rings is 1. The Bertz CT molecular complexity index is 1520. The van der Waals surface area contributed by atoms with Crippen LogP contribution in [-0.2, 0) is 20.9 Å². The number of likely N-dealkylation sites (tertiary alicyclic amines) is 1. The van der Waals surface area contributed by atoms with Crippen LogP contribution in [0.25, 0.3) is 0 Å². The van der Waals surface area contributed by atoms with E-state index in [0.29, 0.717) is 45.9 Å². The monoisotopic (exact) mass is 636 g/mol. The summed E-state index contributed by atoms with van der Waals surface area (Å²) in [6, 6.07) is 15.1. The maximum atomic E-state index is 14.2. The number of ether oxygens (including phenoxy) is 3. The standard InChI is InChI=1S/C34H38ClFN4O5/c1-43-34(42)23-8-10-29(30(17-23)37-19-26-13-16-44-26)39-33(41)32(22-5-6-22)40-14-11-21(12-15-40)28-3-2-4-31(38-28)45-20-24-7-9-25(35)18-27(24)36/h2-4,7-10,17-18,21-22,26,32,37H,5-6,11-16,19-20H2,1H3,(H,39,41)/t26-,32?/m0/s1. The Morgan fingerprint density at radius 3 is 2.56 bits per heavy atom. The van der Waals surface area contributed by atoms with Crippen molar-refractivity contribution in [2.45, 2.75) is 56.8 Å². The highest BCUT2D eigenvalue weighted by Gasteiger charge is 2.41. The van der Waals surface area contributed by atoms with Crippen molar-refractivity contribution in [3.05, 3.63) is 82.3 Å². The number of carbonyl (C=O) groups is 2. The third-order valence-electron chi connectivity index (χ3n) is 8.83. The van der Waals surface area contributed by atoms with E-state index >= 15 is 0 Å².